The number of hydrogen-bond acceptors (Lipinski definition) is 1. The Morgan fingerprint density at radius 3 is 1.37 bits per heavy atom. The summed E-state index contributed by atoms with van der Waals surface area (Å²) in [7, 11) is 0. The van der Waals surface area contributed by atoms with Crippen molar-refractivity contribution in [2.75, 3.05) is 4.90 Å². The van der Waals surface area contributed by atoms with Crippen molar-refractivity contribution in [3.63, 3.8) is 0 Å². The first-order chi connectivity index (χ1) is 32.8. The summed E-state index contributed by atoms with van der Waals surface area (Å²) < 4.78 is 5.96. The Balaban J connectivity index is 1.20. The summed E-state index contributed by atoms with van der Waals surface area (Å²) in [4.78, 5) is 2.61. The SMILES string of the molecule is CC(C)c1cc(C(C)C)c(B2c3cccc[c]3[Ge]([c]3ccccc3)([c]3ccccc3)[c]3cc(N4c5ccccc5C5(c6ccccc6-c6ccccc65)c5ccccc54)ccc32)c(C(C)C)c1. The van der Waals surface area contributed by atoms with E-state index >= 15 is 0 Å². The van der Waals surface area contributed by atoms with Gasteiger partial charge in [0.2, 0.25) is 0 Å². The number of fused-ring (bicyclic) bond motifs is 11. The molecule has 12 rings (SSSR count). The van der Waals surface area contributed by atoms with E-state index in [4.69, 9.17) is 0 Å². The second-order valence-corrected chi connectivity index (χ2v) is 27.9. The molecular weight excluding hydrogens is 866 g/mol. The molecular formula is C64H56BGeN. The van der Waals surface area contributed by atoms with Crippen LogP contribution in [0.4, 0.5) is 17.1 Å². The molecule has 1 spiro atoms. The van der Waals surface area contributed by atoms with Crippen LogP contribution < -0.4 is 38.9 Å². The average Bonchev–Trinajstić information content (AvgIpc) is 3.66. The Hall–Kier alpha value is -6.61. The predicted molar refractivity (Wildman–Crippen MR) is 289 cm³/mol. The third-order valence-electron chi connectivity index (χ3n) is 15.6. The molecule has 0 atom stereocenters. The Kier molecular flexibility index (Phi) is 10.00. The number of benzene rings is 9. The molecule has 3 heteroatoms. The molecule has 67 heavy (non-hydrogen) atoms. The van der Waals surface area contributed by atoms with Gasteiger partial charge >= 0.3 is 403 Å². The summed E-state index contributed by atoms with van der Waals surface area (Å²) in [6.07, 6.45) is 0. The van der Waals surface area contributed by atoms with E-state index in [0.29, 0.717) is 17.8 Å². The van der Waals surface area contributed by atoms with Crippen LogP contribution >= 0.6 is 0 Å². The third-order valence-corrected chi connectivity index (χ3v) is 25.9. The molecule has 3 aliphatic rings. The van der Waals surface area contributed by atoms with Crippen molar-refractivity contribution in [2.24, 2.45) is 0 Å². The van der Waals surface area contributed by atoms with E-state index < -0.39 is 18.7 Å². The topological polar surface area (TPSA) is 3.24 Å². The second kappa shape index (κ2) is 16.0. The first kappa shape index (κ1) is 41.8. The number of hydrogen-bond donors (Lipinski definition) is 0. The zero-order valence-electron chi connectivity index (χ0n) is 39.5. The van der Waals surface area contributed by atoms with Gasteiger partial charge in [-0.2, -0.15) is 0 Å². The summed E-state index contributed by atoms with van der Waals surface area (Å²) in [6, 6.07) is 82.5. The summed E-state index contributed by atoms with van der Waals surface area (Å²) >= 11 is -3.83. The van der Waals surface area contributed by atoms with E-state index in [0.717, 1.165) is 0 Å². The zero-order chi connectivity index (χ0) is 45.6. The van der Waals surface area contributed by atoms with Crippen LogP contribution in [0.3, 0.4) is 0 Å². The van der Waals surface area contributed by atoms with Crippen molar-refractivity contribution in [3.8, 4) is 11.1 Å². The molecule has 0 N–H and O–H groups in total. The van der Waals surface area contributed by atoms with Gasteiger partial charge in [0, 0.05) is 0 Å². The fourth-order valence-corrected chi connectivity index (χ4v) is 23.9. The van der Waals surface area contributed by atoms with Crippen molar-refractivity contribution < 1.29 is 0 Å². The minimum absolute atomic E-state index is 0.0677. The maximum atomic E-state index is 2.67. The molecule has 9 aromatic carbocycles. The van der Waals surface area contributed by atoms with E-state index in [1.165, 1.54) is 101 Å². The van der Waals surface area contributed by atoms with Crippen LogP contribution in [0.25, 0.3) is 11.1 Å². The normalized spacial score (nSPS) is 14.7. The third kappa shape index (κ3) is 5.94. The van der Waals surface area contributed by atoms with Crippen molar-refractivity contribution in [1.82, 2.24) is 0 Å². The van der Waals surface area contributed by atoms with E-state index in [2.05, 4.69) is 259 Å². The Labute approximate surface area is 400 Å². The van der Waals surface area contributed by atoms with Gasteiger partial charge in [0.25, 0.3) is 0 Å². The molecule has 0 bridgehead atoms. The summed E-state index contributed by atoms with van der Waals surface area (Å²) in [5, 5.41) is 0. The standard InChI is InChI=1S/C64H56BGeN/c1-42(2)45-39-51(43(3)4)63(52(40-45)44(5)6)65-57-33-19-20-34-59(57)66(46-23-9-7-10-24-46,47-25-11-8-12-26-47)60-41-48(37-38-58(60)65)67-61-35-21-17-31-55(61)64(56-32-18-22-36-62(56)67)53-29-15-13-27-49(53)50-28-14-16-30-54(50)64/h7-44H,1-6H3. The first-order valence-corrected chi connectivity index (χ1v) is 28.7. The predicted octanol–water partition coefficient (Wildman–Crippen LogP) is 11.4. The van der Waals surface area contributed by atoms with Crippen LogP contribution in [0.1, 0.15) is 98.2 Å². The molecule has 0 unspecified atom stereocenters. The molecule has 0 saturated heterocycles. The molecule has 0 amide bonds. The van der Waals surface area contributed by atoms with Crippen LogP contribution in [0.15, 0.2) is 212 Å². The Morgan fingerprint density at radius 2 is 0.851 bits per heavy atom. The van der Waals surface area contributed by atoms with E-state index in [1.54, 1.807) is 0 Å². The van der Waals surface area contributed by atoms with Gasteiger partial charge in [-0.15, -0.1) is 0 Å². The number of nitrogens with zero attached hydrogens (tertiary/aromatic N) is 1. The zero-order valence-corrected chi connectivity index (χ0v) is 41.6. The van der Waals surface area contributed by atoms with E-state index in [1.807, 2.05) is 0 Å². The molecule has 0 aromatic heterocycles. The van der Waals surface area contributed by atoms with Gasteiger partial charge < -0.3 is 0 Å². The van der Waals surface area contributed by atoms with E-state index in [-0.39, 0.29) is 6.71 Å². The van der Waals surface area contributed by atoms with Gasteiger partial charge in [-0.1, -0.05) is 0 Å². The average molecular weight is 923 g/mol. The maximum absolute atomic E-state index is 3.83. The second-order valence-electron chi connectivity index (χ2n) is 20.1. The Morgan fingerprint density at radius 1 is 0.403 bits per heavy atom. The molecule has 0 saturated carbocycles. The van der Waals surface area contributed by atoms with Gasteiger partial charge in [0.05, 0.1) is 0 Å². The quantitative estimate of drug-likeness (QED) is 0.144. The van der Waals surface area contributed by atoms with Gasteiger partial charge in [-0.25, -0.2) is 0 Å². The fourth-order valence-electron chi connectivity index (χ4n) is 12.8. The van der Waals surface area contributed by atoms with E-state index in [9.17, 15) is 0 Å². The van der Waals surface area contributed by atoms with Crippen LogP contribution in [-0.2, 0) is 5.41 Å². The molecule has 0 fully saturated rings. The molecule has 324 valence electrons. The molecule has 9 aromatic rings. The summed E-state index contributed by atoms with van der Waals surface area (Å²) in [5.41, 5.74) is 20.0. The van der Waals surface area contributed by atoms with Crippen molar-refractivity contribution >= 4 is 71.0 Å². The monoisotopic (exact) mass is 923 g/mol. The van der Waals surface area contributed by atoms with Gasteiger partial charge in [-0.05, 0) is 0 Å². The van der Waals surface area contributed by atoms with Crippen molar-refractivity contribution in [2.45, 2.75) is 64.7 Å². The van der Waals surface area contributed by atoms with Crippen LogP contribution in [0, 0.1) is 0 Å². The van der Waals surface area contributed by atoms with Crippen LogP contribution in [0.2, 0.25) is 0 Å². The number of rotatable bonds is 7. The van der Waals surface area contributed by atoms with Gasteiger partial charge in [0.15, 0.2) is 0 Å². The Bertz CT molecular complexity index is 3200. The van der Waals surface area contributed by atoms with Gasteiger partial charge in [0.1, 0.15) is 0 Å². The van der Waals surface area contributed by atoms with Crippen molar-refractivity contribution in [1.29, 1.82) is 0 Å². The summed E-state index contributed by atoms with van der Waals surface area (Å²) in [6.45, 7) is 14.4. The number of anilines is 3. The van der Waals surface area contributed by atoms with Crippen molar-refractivity contribution in [3.05, 3.63) is 251 Å². The first-order valence-electron chi connectivity index (χ1n) is 24.5. The fraction of sp³-hybridized carbons (Fsp3) is 0.156. The van der Waals surface area contributed by atoms with Gasteiger partial charge in [-0.3, -0.25) is 0 Å². The minimum atomic E-state index is -3.83. The molecule has 0 radical (unpaired) electrons. The molecule has 1 nitrogen and oxygen atoms in total. The number of para-hydroxylation sites is 2. The van der Waals surface area contributed by atoms with Crippen LogP contribution in [-0.4, -0.2) is 20.0 Å². The van der Waals surface area contributed by atoms with Crippen LogP contribution in [0.5, 0.6) is 0 Å². The molecule has 1 aliphatic carbocycles. The molecule has 2 heterocycles. The molecule has 2 aliphatic heterocycles. The summed E-state index contributed by atoms with van der Waals surface area (Å²) in [5.74, 6) is 1.16.